The summed E-state index contributed by atoms with van der Waals surface area (Å²) in [7, 11) is -9.92. The number of hydrogen-bond acceptors (Lipinski definition) is 15. The van der Waals surface area contributed by atoms with Crippen molar-refractivity contribution in [1.82, 2.24) is 0 Å². The van der Waals surface area contributed by atoms with E-state index in [4.69, 9.17) is 37.0 Å². The molecule has 0 fully saturated rings. The Kier molecular flexibility index (Phi) is 65.9. The van der Waals surface area contributed by atoms with Crippen LogP contribution in [0.15, 0.2) is 0 Å². The van der Waals surface area contributed by atoms with Gasteiger partial charge in [-0.3, -0.25) is 37.3 Å². The molecule has 0 radical (unpaired) electrons. The van der Waals surface area contributed by atoms with Crippen LogP contribution < -0.4 is 0 Å². The van der Waals surface area contributed by atoms with Gasteiger partial charge in [0.15, 0.2) is 12.2 Å². The molecule has 576 valence electrons. The highest BCUT2D eigenvalue weighted by Gasteiger charge is 2.30. The van der Waals surface area contributed by atoms with Gasteiger partial charge in [-0.2, -0.15) is 0 Å². The van der Waals surface area contributed by atoms with Gasteiger partial charge in [0, 0.05) is 25.7 Å². The van der Waals surface area contributed by atoms with Gasteiger partial charge in [0.2, 0.25) is 0 Å². The molecule has 0 heterocycles. The standard InChI is InChI=1S/C78H152O17P2/c1-9-71(8)57-49-41-32-26-21-23-29-35-45-53-61-78(83)95-74(65-89-76(81)59-51-43-37-36-40-48-56-70(6)7)67-93-97(86,87)91-63-72(79)62-90-96(84,85)92-66-73(64-88-75(80)58-50-42-33-27-22-20-25-31-39-47-55-69(4)5)94-77(82)60-52-44-34-28-19-17-15-13-11-10-12-14-16-18-24-30-38-46-54-68(2)3/h68-74,79H,9-67H2,1-8H3,(H,84,85)(H,86,87)/t71?,72-,73-,74-/m1/s1. The first-order chi connectivity index (χ1) is 46.6. The zero-order valence-electron chi connectivity index (χ0n) is 63.7. The van der Waals surface area contributed by atoms with Crippen LogP contribution in [0.4, 0.5) is 0 Å². The van der Waals surface area contributed by atoms with Crippen LogP contribution in [-0.2, 0) is 65.4 Å². The van der Waals surface area contributed by atoms with Gasteiger partial charge in [-0.15, -0.1) is 0 Å². The van der Waals surface area contributed by atoms with Crippen LogP contribution in [-0.4, -0.2) is 96.7 Å². The lowest BCUT2D eigenvalue weighted by Crippen LogP contribution is -2.30. The average Bonchev–Trinajstić information content (AvgIpc) is 1.52. The highest BCUT2D eigenvalue weighted by molar-refractivity contribution is 7.47. The molecule has 0 rings (SSSR count). The fourth-order valence-corrected chi connectivity index (χ4v) is 13.5. The SMILES string of the molecule is CCC(C)CCCCCCCCCCCCC(=O)O[C@H](COC(=O)CCCCCCCCC(C)C)COP(=O)(O)OC[C@H](O)COP(=O)(O)OC[C@@H](COC(=O)CCCCCCCCCCCCC(C)C)OC(=O)CCCCCCCCCCCCCCCCCCCCC(C)C. The van der Waals surface area contributed by atoms with Gasteiger partial charge >= 0.3 is 39.5 Å². The summed E-state index contributed by atoms with van der Waals surface area (Å²) in [6.07, 6.45) is 52.9. The lowest BCUT2D eigenvalue weighted by Gasteiger charge is -2.21. The van der Waals surface area contributed by atoms with Crippen LogP contribution >= 0.6 is 15.6 Å². The predicted octanol–water partition coefficient (Wildman–Crippen LogP) is 22.8. The first-order valence-corrected chi connectivity index (χ1v) is 43.2. The molecule has 0 aromatic heterocycles. The Labute approximate surface area is 594 Å². The summed E-state index contributed by atoms with van der Waals surface area (Å²) >= 11 is 0. The third-order valence-electron chi connectivity index (χ3n) is 18.4. The Morgan fingerprint density at radius 3 is 0.732 bits per heavy atom. The van der Waals surface area contributed by atoms with Crippen molar-refractivity contribution in [3.8, 4) is 0 Å². The molecule has 0 aliphatic rings. The Hall–Kier alpha value is -1.94. The van der Waals surface area contributed by atoms with Crippen molar-refractivity contribution in [3.63, 3.8) is 0 Å². The van der Waals surface area contributed by atoms with Crippen molar-refractivity contribution in [2.75, 3.05) is 39.6 Å². The Morgan fingerprint density at radius 1 is 0.289 bits per heavy atom. The Morgan fingerprint density at radius 2 is 0.495 bits per heavy atom. The molecule has 0 aliphatic heterocycles. The van der Waals surface area contributed by atoms with Crippen molar-refractivity contribution in [1.29, 1.82) is 0 Å². The topological polar surface area (TPSA) is 237 Å². The molecular formula is C78H152O17P2. The van der Waals surface area contributed by atoms with Gasteiger partial charge in [0.05, 0.1) is 26.4 Å². The zero-order chi connectivity index (χ0) is 71.7. The van der Waals surface area contributed by atoms with Gasteiger partial charge < -0.3 is 33.8 Å². The second-order valence-corrected chi connectivity index (χ2v) is 32.7. The summed E-state index contributed by atoms with van der Waals surface area (Å²) in [5.41, 5.74) is 0. The number of ether oxygens (including phenoxy) is 4. The van der Waals surface area contributed by atoms with Crippen molar-refractivity contribution < 1.29 is 80.2 Å². The highest BCUT2D eigenvalue weighted by atomic mass is 31.2. The van der Waals surface area contributed by atoms with E-state index in [0.717, 1.165) is 114 Å². The number of hydrogen-bond donors (Lipinski definition) is 3. The van der Waals surface area contributed by atoms with E-state index in [0.29, 0.717) is 31.6 Å². The van der Waals surface area contributed by atoms with E-state index in [9.17, 15) is 43.2 Å². The quantitative estimate of drug-likeness (QED) is 0.0222. The minimum Gasteiger partial charge on any atom is -0.462 e. The molecule has 0 aromatic carbocycles. The highest BCUT2D eigenvalue weighted by Crippen LogP contribution is 2.45. The molecule has 19 heteroatoms. The summed E-state index contributed by atoms with van der Waals surface area (Å²) < 4.78 is 68.6. The van der Waals surface area contributed by atoms with Gasteiger partial charge in [-0.25, -0.2) is 9.13 Å². The number of esters is 4. The molecule has 0 aliphatic carbocycles. The molecule has 97 heavy (non-hydrogen) atoms. The number of rotatable bonds is 75. The number of carbonyl (C=O) groups excluding carboxylic acids is 4. The average molecular weight is 1420 g/mol. The van der Waals surface area contributed by atoms with Crippen molar-refractivity contribution in [2.24, 2.45) is 23.7 Å². The summed E-state index contributed by atoms with van der Waals surface area (Å²) in [5, 5.41) is 10.6. The van der Waals surface area contributed by atoms with Crippen molar-refractivity contribution >= 4 is 39.5 Å². The zero-order valence-corrected chi connectivity index (χ0v) is 65.5. The van der Waals surface area contributed by atoms with Crippen LogP contribution in [0.3, 0.4) is 0 Å². The Balaban J connectivity index is 5.21. The Bertz CT molecular complexity index is 1900. The summed E-state index contributed by atoms with van der Waals surface area (Å²) in [4.78, 5) is 72.8. The second-order valence-electron chi connectivity index (χ2n) is 29.8. The van der Waals surface area contributed by atoms with Crippen molar-refractivity contribution in [3.05, 3.63) is 0 Å². The van der Waals surface area contributed by atoms with E-state index in [1.165, 1.54) is 193 Å². The molecule has 3 N–H and O–H groups in total. The molecule has 3 unspecified atom stereocenters. The smallest absolute Gasteiger partial charge is 0.462 e. The fraction of sp³-hybridized carbons (Fsp3) is 0.949. The van der Waals surface area contributed by atoms with Gasteiger partial charge in [-0.1, -0.05) is 344 Å². The first-order valence-electron chi connectivity index (χ1n) is 40.2. The third kappa shape index (κ3) is 70.9. The number of aliphatic hydroxyl groups excluding tert-OH is 1. The lowest BCUT2D eigenvalue weighted by molar-refractivity contribution is -0.161. The number of carbonyl (C=O) groups is 4. The van der Waals surface area contributed by atoms with Gasteiger partial charge in [-0.05, 0) is 49.4 Å². The van der Waals surface area contributed by atoms with E-state index in [1.807, 2.05) is 0 Å². The van der Waals surface area contributed by atoms with E-state index < -0.39 is 97.5 Å². The molecule has 0 saturated carbocycles. The molecule has 6 atom stereocenters. The maximum atomic E-state index is 13.1. The van der Waals surface area contributed by atoms with Crippen LogP contribution in [0.1, 0.15) is 396 Å². The summed E-state index contributed by atoms with van der Waals surface area (Å²) in [5.74, 6) is 0.940. The number of unbranched alkanes of at least 4 members (excludes halogenated alkanes) is 40. The van der Waals surface area contributed by atoms with Crippen LogP contribution in [0.5, 0.6) is 0 Å². The number of phosphoric ester groups is 2. The second kappa shape index (κ2) is 67.2. The third-order valence-corrected chi connectivity index (χ3v) is 20.3. The minimum atomic E-state index is -4.96. The van der Waals surface area contributed by atoms with Gasteiger partial charge in [0.1, 0.15) is 19.3 Å². The monoisotopic (exact) mass is 1420 g/mol. The van der Waals surface area contributed by atoms with Crippen LogP contribution in [0, 0.1) is 23.7 Å². The lowest BCUT2D eigenvalue weighted by atomic mass is 9.99. The van der Waals surface area contributed by atoms with Crippen molar-refractivity contribution in [2.45, 2.75) is 414 Å². The van der Waals surface area contributed by atoms with E-state index in [2.05, 4.69) is 55.4 Å². The number of phosphoric acid groups is 2. The number of aliphatic hydroxyl groups is 1. The fourth-order valence-electron chi connectivity index (χ4n) is 11.9. The molecule has 0 amide bonds. The maximum absolute atomic E-state index is 13.1. The summed E-state index contributed by atoms with van der Waals surface area (Å²) in [6.45, 7) is 14.2. The summed E-state index contributed by atoms with van der Waals surface area (Å²) in [6, 6.07) is 0. The minimum absolute atomic E-state index is 0.105. The predicted molar refractivity (Wildman–Crippen MR) is 395 cm³/mol. The molecule has 0 saturated heterocycles. The molecule has 0 aromatic rings. The first kappa shape index (κ1) is 95.1. The molecule has 17 nitrogen and oxygen atoms in total. The maximum Gasteiger partial charge on any atom is 0.472 e. The molecule has 0 spiro atoms. The van der Waals surface area contributed by atoms with E-state index in [1.54, 1.807) is 0 Å². The largest absolute Gasteiger partial charge is 0.472 e. The normalized spacial score (nSPS) is 14.4. The van der Waals surface area contributed by atoms with Crippen LogP contribution in [0.25, 0.3) is 0 Å². The van der Waals surface area contributed by atoms with E-state index >= 15 is 0 Å². The van der Waals surface area contributed by atoms with Crippen LogP contribution in [0.2, 0.25) is 0 Å². The molecular weight excluding hydrogens is 1270 g/mol. The molecule has 0 bridgehead atoms. The van der Waals surface area contributed by atoms with E-state index in [-0.39, 0.29) is 25.7 Å². The van der Waals surface area contributed by atoms with Gasteiger partial charge in [0.25, 0.3) is 0 Å².